The molecular weight excluding hydrogens is 524 g/mol. The minimum Gasteiger partial charge on any atom is -0.496 e. The fourth-order valence-electron chi connectivity index (χ4n) is 5.46. The van der Waals surface area contributed by atoms with E-state index in [0.717, 1.165) is 90.1 Å². The van der Waals surface area contributed by atoms with Crippen LogP contribution in [-0.4, -0.2) is 60.0 Å². The van der Waals surface area contributed by atoms with Crippen molar-refractivity contribution in [1.82, 2.24) is 20.2 Å². The lowest BCUT2D eigenvalue weighted by Gasteiger charge is -2.18. The highest BCUT2D eigenvalue weighted by atomic mass is 32.1. The highest BCUT2D eigenvalue weighted by Crippen LogP contribution is 2.39. The molecule has 0 bridgehead atoms. The average Bonchev–Trinajstić information content (AvgIpc) is 3.32. The molecule has 40 heavy (non-hydrogen) atoms. The normalized spacial score (nSPS) is 22.0. The van der Waals surface area contributed by atoms with E-state index in [9.17, 15) is 9.59 Å². The second-order valence-corrected chi connectivity index (χ2v) is 11.8. The van der Waals surface area contributed by atoms with Gasteiger partial charge >= 0.3 is 0 Å². The highest BCUT2D eigenvalue weighted by Gasteiger charge is 2.39. The number of nitrogens with zero attached hydrogens (tertiary/aromatic N) is 3. The van der Waals surface area contributed by atoms with Crippen LogP contribution in [0.15, 0.2) is 41.9 Å². The number of carbonyl (C=O) groups excluding carboxylic acids is 2. The molecule has 2 aliphatic rings. The number of allylic oxidation sites excluding steroid dienone is 1. The van der Waals surface area contributed by atoms with E-state index in [1.807, 2.05) is 30.5 Å². The first-order valence-electron chi connectivity index (χ1n) is 14.1. The molecule has 9 heteroatoms. The molecule has 1 aromatic carbocycles. The minimum absolute atomic E-state index is 0.0268. The van der Waals surface area contributed by atoms with Crippen LogP contribution in [0, 0.1) is 18.8 Å². The van der Waals surface area contributed by atoms with Gasteiger partial charge in [-0.15, -0.1) is 11.3 Å². The zero-order chi connectivity index (χ0) is 28.1. The summed E-state index contributed by atoms with van der Waals surface area (Å²) in [7, 11) is 3.47. The van der Waals surface area contributed by atoms with Crippen LogP contribution < -0.4 is 14.8 Å². The maximum atomic E-state index is 13.0. The molecule has 3 aromatic rings. The number of rotatable bonds is 13. The third-order valence-corrected chi connectivity index (χ3v) is 8.73. The number of methoxy groups -OCH3 is 1. The lowest BCUT2D eigenvalue weighted by Crippen LogP contribution is -2.32. The van der Waals surface area contributed by atoms with Gasteiger partial charge in [0, 0.05) is 54.1 Å². The molecule has 1 N–H and O–H groups in total. The Labute approximate surface area is 239 Å². The number of fused-ring (bicyclic) bond motifs is 1. The van der Waals surface area contributed by atoms with E-state index >= 15 is 0 Å². The van der Waals surface area contributed by atoms with Crippen molar-refractivity contribution in [2.75, 3.05) is 20.7 Å². The molecule has 212 valence electrons. The number of thiazole rings is 1. The van der Waals surface area contributed by atoms with Crippen molar-refractivity contribution in [2.24, 2.45) is 11.8 Å². The van der Waals surface area contributed by atoms with Gasteiger partial charge in [0.15, 0.2) is 0 Å². The number of aryl methyl sites for hydroxylation is 1. The highest BCUT2D eigenvalue weighted by molar-refractivity contribution is 7.13. The fraction of sp³-hybridized carbons (Fsp3) is 0.484. The van der Waals surface area contributed by atoms with E-state index in [1.54, 1.807) is 36.6 Å². The molecule has 8 nitrogen and oxygen atoms in total. The first-order chi connectivity index (χ1) is 19.5. The van der Waals surface area contributed by atoms with Crippen LogP contribution in [0.5, 0.6) is 11.5 Å². The second kappa shape index (κ2) is 12.8. The summed E-state index contributed by atoms with van der Waals surface area (Å²) in [5.74, 6) is 2.11. The molecule has 2 unspecified atom stereocenters. The summed E-state index contributed by atoms with van der Waals surface area (Å²) in [5.41, 5.74) is 2.59. The minimum atomic E-state index is -0.0293. The Hall–Kier alpha value is -3.46. The Kier molecular flexibility index (Phi) is 8.99. The van der Waals surface area contributed by atoms with E-state index in [2.05, 4.69) is 22.5 Å². The molecule has 2 amide bonds. The van der Waals surface area contributed by atoms with Crippen LogP contribution in [0.2, 0.25) is 0 Å². The summed E-state index contributed by atoms with van der Waals surface area (Å²) in [6.07, 6.45) is 13.5. The summed E-state index contributed by atoms with van der Waals surface area (Å²) >= 11 is 1.55. The number of ether oxygens (including phenoxy) is 2. The van der Waals surface area contributed by atoms with Gasteiger partial charge in [-0.2, -0.15) is 0 Å². The van der Waals surface area contributed by atoms with Crippen molar-refractivity contribution >= 4 is 34.6 Å². The SMILES string of the molecule is COc1ccc2c(O[C@H]3CCC(C(=O)NC4C[C@H]4/C=C\CCCCN(C)C=O)C3)cc(-c3nccs3)nc2c1C. The first-order valence-corrected chi connectivity index (χ1v) is 15.0. The molecule has 2 heterocycles. The van der Waals surface area contributed by atoms with Gasteiger partial charge in [0.05, 0.1) is 18.7 Å². The van der Waals surface area contributed by atoms with Crippen molar-refractivity contribution in [3.05, 3.63) is 47.5 Å². The number of unbranched alkanes of at least 4 members (excludes halogenated alkanes) is 2. The van der Waals surface area contributed by atoms with Gasteiger partial charge in [0.25, 0.3) is 0 Å². The van der Waals surface area contributed by atoms with E-state index < -0.39 is 0 Å². The maximum Gasteiger partial charge on any atom is 0.223 e. The second-order valence-electron chi connectivity index (χ2n) is 10.9. The van der Waals surface area contributed by atoms with Crippen molar-refractivity contribution in [1.29, 1.82) is 0 Å². The number of amides is 2. The molecular formula is C31H38N4O4S. The van der Waals surface area contributed by atoms with Crippen LogP contribution >= 0.6 is 11.3 Å². The lowest BCUT2D eigenvalue weighted by atomic mass is 10.1. The predicted octanol–water partition coefficient (Wildman–Crippen LogP) is 5.54. The van der Waals surface area contributed by atoms with Crippen molar-refractivity contribution < 1.29 is 19.1 Å². The van der Waals surface area contributed by atoms with E-state index in [0.29, 0.717) is 12.3 Å². The fourth-order valence-corrected chi connectivity index (χ4v) is 6.06. The molecule has 0 radical (unpaired) electrons. The summed E-state index contributed by atoms with van der Waals surface area (Å²) < 4.78 is 12.1. The van der Waals surface area contributed by atoms with Crippen molar-refractivity contribution in [2.45, 2.75) is 64.0 Å². The van der Waals surface area contributed by atoms with Gasteiger partial charge in [-0.25, -0.2) is 9.97 Å². The van der Waals surface area contributed by atoms with Gasteiger partial charge in [0.2, 0.25) is 12.3 Å². The van der Waals surface area contributed by atoms with Crippen LogP contribution in [-0.2, 0) is 9.59 Å². The third kappa shape index (κ3) is 6.63. The summed E-state index contributed by atoms with van der Waals surface area (Å²) in [5, 5.41) is 6.99. The van der Waals surface area contributed by atoms with Gasteiger partial charge in [-0.3, -0.25) is 9.59 Å². The Morgan fingerprint density at radius 3 is 2.88 bits per heavy atom. The standard InChI is InChI=1S/C31H38N4O4S/c1-20-27(38-3)12-11-24-28(18-26(33-29(20)24)31-32-13-15-40-31)39-23-10-9-22(16-23)30(37)34-25-17-21(25)8-6-4-5-7-14-35(2)19-36/h6,8,11-13,15,18-19,21-23,25H,4-5,7,9-10,14,16-17H2,1-3H3,(H,34,37)/b8-6-/t21-,22?,23+,25?/m1/s1. The van der Waals surface area contributed by atoms with Crippen LogP contribution in [0.4, 0.5) is 0 Å². The summed E-state index contributed by atoms with van der Waals surface area (Å²) in [4.78, 5) is 34.7. The molecule has 0 aliphatic heterocycles. The van der Waals surface area contributed by atoms with E-state index in [1.165, 1.54) is 0 Å². The number of carbonyl (C=O) groups is 2. The smallest absolute Gasteiger partial charge is 0.223 e. The quantitative estimate of drug-likeness (QED) is 0.167. The van der Waals surface area contributed by atoms with E-state index in [4.69, 9.17) is 14.5 Å². The Morgan fingerprint density at radius 2 is 2.10 bits per heavy atom. The number of aromatic nitrogens is 2. The van der Waals surface area contributed by atoms with Crippen molar-refractivity contribution in [3.63, 3.8) is 0 Å². The molecule has 0 saturated heterocycles. The Morgan fingerprint density at radius 1 is 1.23 bits per heavy atom. The monoisotopic (exact) mass is 562 g/mol. The zero-order valence-electron chi connectivity index (χ0n) is 23.5. The van der Waals surface area contributed by atoms with Crippen molar-refractivity contribution in [3.8, 4) is 22.2 Å². The zero-order valence-corrected chi connectivity index (χ0v) is 24.3. The van der Waals surface area contributed by atoms with E-state index in [-0.39, 0.29) is 24.0 Å². The van der Waals surface area contributed by atoms with Crippen LogP contribution in [0.25, 0.3) is 21.6 Å². The maximum absolute atomic E-state index is 13.0. The lowest BCUT2D eigenvalue weighted by molar-refractivity contribution is -0.125. The largest absolute Gasteiger partial charge is 0.496 e. The third-order valence-electron chi connectivity index (χ3n) is 7.93. The Bertz CT molecular complexity index is 1360. The molecule has 5 rings (SSSR count). The predicted molar refractivity (Wildman–Crippen MR) is 158 cm³/mol. The number of nitrogens with one attached hydrogen (secondary N) is 1. The molecule has 2 aromatic heterocycles. The number of hydrogen-bond donors (Lipinski definition) is 1. The van der Waals surface area contributed by atoms with Crippen LogP contribution in [0.1, 0.15) is 50.5 Å². The molecule has 2 aliphatic carbocycles. The topological polar surface area (TPSA) is 93.7 Å². The van der Waals surface area contributed by atoms with Crippen LogP contribution in [0.3, 0.4) is 0 Å². The van der Waals surface area contributed by atoms with Gasteiger partial charge in [-0.05, 0) is 69.9 Å². The van der Waals surface area contributed by atoms with Gasteiger partial charge in [-0.1, -0.05) is 12.2 Å². The molecule has 4 atom stereocenters. The van der Waals surface area contributed by atoms with Gasteiger partial charge < -0.3 is 19.7 Å². The molecule has 2 saturated carbocycles. The Balaban J connectivity index is 1.16. The summed E-state index contributed by atoms with van der Waals surface area (Å²) in [6.45, 7) is 2.80. The number of benzene rings is 1. The van der Waals surface area contributed by atoms with Gasteiger partial charge in [0.1, 0.15) is 22.2 Å². The number of hydrogen-bond acceptors (Lipinski definition) is 7. The molecule has 0 spiro atoms. The summed E-state index contributed by atoms with van der Waals surface area (Å²) in [6, 6.07) is 6.17. The number of pyridine rings is 1. The molecule has 2 fully saturated rings. The first kappa shape index (κ1) is 28.1. The average molecular weight is 563 g/mol.